The van der Waals surface area contributed by atoms with Crippen molar-refractivity contribution in [3.63, 3.8) is 0 Å². The van der Waals surface area contributed by atoms with E-state index < -0.39 is 0 Å². The lowest BCUT2D eigenvalue weighted by Crippen LogP contribution is -2.10. The lowest BCUT2D eigenvalue weighted by molar-refractivity contribution is -0.105. The second kappa shape index (κ2) is 3.01. The molecule has 2 rings (SSSR count). The first kappa shape index (κ1) is 7.40. The molecule has 1 N–H and O–H groups in total. The first-order valence-corrected chi connectivity index (χ1v) is 4.30. The predicted octanol–water partition coefficient (Wildman–Crippen LogP) is 1.39. The Hall–Kier alpha value is -1.25. The van der Waals surface area contributed by atoms with Crippen LogP contribution in [0.1, 0.15) is 18.5 Å². The SMILES string of the molecule is O=CNc1ccn2c1CCCC2. The second-order valence-electron chi connectivity index (χ2n) is 3.09. The van der Waals surface area contributed by atoms with Gasteiger partial charge in [0.15, 0.2) is 0 Å². The number of aryl methyl sites for hydroxylation is 1. The topological polar surface area (TPSA) is 34.0 Å². The third-order valence-corrected chi connectivity index (χ3v) is 2.36. The molecule has 1 aromatic heterocycles. The molecule has 3 heteroatoms. The van der Waals surface area contributed by atoms with Crippen LogP contribution in [0.3, 0.4) is 0 Å². The number of nitrogens with zero attached hydrogens (tertiary/aromatic N) is 1. The van der Waals surface area contributed by atoms with Crippen molar-refractivity contribution in [3.05, 3.63) is 18.0 Å². The van der Waals surface area contributed by atoms with Gasteiger partial charge in [-0.15, -0.1) is 0 Å². The summed E-state index contributed by atoms with van der Waals surface area (Å²) < 4.78 is 2.22. The van der Waals surface area contributed by atoms with Crippen LogP contribution in [-0.4, -0.2) is 11.0 Å². The van der Waals surface area contributed by atoms with Gasteiger partial charge >= 0.3 is 0 Å². The van der Waals surface area contributed by atoms with Crippen molar-refractivity contribution in [1.29, 1.82) is 0 Å². The molecule has 1 aromatic rings. The molecular weight excluding hydrogens is 152 g/mol. The van der Waals surface area contributed by atoms with E-state index in [-0.39, 0.29) is 0 Å². The summed E-state index contributed by atoms with van der Waals surface area (Å²) in [5.41, 5.74) is 2.25. The van der Waals surface area contributed by atoms with Crippen LogP contribution in [-0.2, 0) is 17.8 Å². The number of nitrogens with one attached hydrogen (secondary N) is 1. The minimum absolute atomic E-state index is 0.741. The van der Waals surface area contributed by atoms with Gasteiger partial charge in [0.2, 0.25) is 6.41 Å². The Kier molecular flexibility index (Phi) is 1.86. The van der Waals surface area contributed by atoms with Gasteiger partial charge in [0.25, 0.3) is 0 Å². The highest BCUT2D eigenvalue weighted by Crippen LogP contribution is 2.23. The van der Waals surface area contributed by atoms with Crippen molar-refractivity contribution in [2.45, 2.75) is 25.8 Å². The maximum absolute atomic E-state index is 10.2. The molecule has 0 aromatic carbocycles. The Labute approximate surface area is 71.4 Å². The molecule has 0 fully saturated rings. The molecule has 12 heavy (non-hydrogen) atoms. The van der Waals surface area contributed by atoms with Crippen LogP contribution in [0.4, 0.5) is 5.69 Å². The van der Waals surface area contributed by atoms with E-state index in [1.165, 1.54) is 18.5 Å². The molecular formula is C9H12N2O. The summed E-state index contributed by atoms with van der Waals surface area (Å²) in [7, 11) is 0. The molecule has 1 amide bonds. The van der Waals surface area contributed by atoms with Crippen LogP contribution < -0.4 is 5.32 Å². The number of carbonyl (C=O) groups excluding carboxylic acids is 1. The number of anilines is 1. The summed E-state index contributed by atoms with van der Waals surface area (Å²) in [6.07, 6.45) is 6.36. The Morgan fingerprint density at radius 3 is 3.25 bits per heavy atom. The van der Waals surface area contributed by atoms with E-state index in [9.17, 15) is 4.79 Å². The highest BCUT2D eigenvalue weighted by molar-refractivity contribution is 5.72. The Morgan fingerprint density at radius 1 is 1.50 bits per heavy atom. The molecule has 1 aliphatic heterocycles. The molecule has 0 saturated heterocycles. The third-order valence-electron chi connectivity index (χ3n) is 2.36. The molecule has 0 radical (unpaired) electrons. The minimum atomic E-state index is 0.741. The van der Waals surface area contributed by atoms with Crippen molar-refractivity contribution in [2.75, 3.05) is 5.32 Å². The van der Waals surface area contributed by atoms with Gasteiger partial charge in [0.05, 0.1) is 5.69 Å². The van der Waals surface area contributed by atoms with Crippen LogP contribution in [0.5, 0.6) is 0 Å². The molecule has 0 bridgehead atoms. The molecule has 0 atom stereocenters. The van der Waals surface area contributed by atoms with Gasteiger partial charge in [-0.05, 0) is 25.3 Å². The van der Waals surface area contributed by atoms with E-state index in [1.54, 1.807) is 0 Å². The largest absolute Gasteiger partial charge is 0.350 e. The maximum Gasteiger partial charge on any atom is 0.211 e. The summed E-state index contributed by atoms with van der Waals surface area (Å²) in [4.78, 5) is 10.2. The highest BCUT2D eigenvalue weighted by Gasteiger charge is 2.11. The fourth-order valence-electron chi connectivity index (χ4n) is 1.76. The van der Waals surface area contributed by atoms with Crippen molar-refractivity contribution in [3.8, 4) is 0 Å². The number of hydrogen-bond acceptors (Lipinski definition) is 1. The first-order valence-electron chi connectivity index (χ1n) is 4.30. The molecule has 2 heterocycles. The molecule has 0 aliphatic carbocycles. The van der Waals surface area contributed by atoms with Gasteiger partial charge in [0, 0.05) is 18.4 Å². The van der Waals surface area contributed by atoms with Crippen LogP contribution >= 0.6 is 0 Å². The quantitative estimate of drug-likeness (QED) is 0.658. The number of fused-ring (bicyclic) bond motifs is 1. The summed E-state index contributed by atoms with van der Waals surface area (Å²) >= 11 is 0. The summed E-state index contributed by atoms with van der Waals surface area (Å²) in [6.45, 7) is 1.09. The van der Waals surface area contributed by atoms with Gasteiger partial charge in [-0.3, -0.25) is 4.79 Å². The predicted molar refractivity (Wildman–Crippen MR) is 47.1 cm³/mol. The monoisotopic (exact) mass is 164 g/mol. The van der Waals surface area contributed by atoms with Gasteiger partial charge in [0.1, 0.15) is 0 Å². The normalized spacial score (nSPS) is 15.3. The number of hydrogen-bond donors (Lipinski definition) is 1. The van der Waals surface area contributed by atoms with Gasteiger partial charge in [-0.2, -0.15) is 0 Å². The van der Waals surface area contributed by atoms with Crippen LogP contribution in [0.15, 0.2) is 12.3 Å². The van der Waals surface area contributed by atoms with Gasteiger partial charge < -0.3 is 9.88 Å². The van der Waals surface area contributed by atoms with E-state index in [0.717, 1.165) is 25.1 Å². The van der Waals surface area contributed by atoms with Crippen LogP contribution in [0.2, 0.25) is 0 Å². The molecule has 0 unspecified atom stereocenters. The molecule has 1 aliphatic rings. The molecule has 64 valence electrons. The van der Waals surface area contributed by atoms with Crippen LogP contribution in [0.25, 0.3) is 0 Å². The van der Waals surface area contributed by atoms with Crippen molar-refractivity contribution >= 4 is 12.1 Å². The van der Waals surface area contributed by atoms with Crippen LogP contribution in [0, 0.1) is 0 Å². The zero-order chi connectivity index (χ0) is 8.39. The van der Waals surface area contributed by atoms with E-state index in [4.69, 9.17) is 0 Å². The van der Waals surface area contributed by atoms with Crippen molar-refractivity contribution < 1.29 is 4.79 Å². The zero-order valence-corrected chi connectivity index (χ0v) is 6.92. The average molecular weight is 164 g/mol. The van der Waals surface area contributed by atoms with E-state index in [0.29, 0.717) is 0 Å². The third kappa shape index (κ3) is 1.11. The van der Waals surface area contributed by atoms with E-state index in [1.807, 2.05) is 12.3 Å². The average Bonchev–Trinajstić information content (AvgIpc) is 2.50. The fourth-order valence-corrected chi connectivity index (χ4v) is 1.76. The maximum atomic E-state index is 10.2. The standard InChI is InChI=1S/C9H12N2O/c12-7-10-8-4-6-11-5-2-1-3-9(8)11/h4,6-7H,1-3,5H2,(H,10,12). The van der Waals surface area contributed by atoms with Gasteiger partial charge in [-0.25, -0.2) is 0 Å². The van der Waals surface area contributed by atoms with Crippen molar-refractivity contribution in [2.24, 2.45) is 0 Å². The van der Waals surface area contributed by atoms with E-state index in [2.05, 4.69) is 9.88 Å². The number of amides is 1. The summed E-state index contributed by atoms with van der Waals surface area (Å²) in [5, 5.41) is 2.71. The minimum Gasteiger partial charge on any atom is -0.350 e. The highest BCUT2D eigenvalue weighted by atomic mass is 16.1. The first-order chi connectivity index (χ1) is 5.92. The zero-order valence-electron chi connectivity index (χ0n) is 6.92. The Balaban J connectivity index is 2.31. The number of carbonyl (C=O) groups is 1. The fraction of sp³-hybridized carbons (Fsp3) is 0.444. The number of rotatable bonds is 2. The second-order valence-corrected chi connectivity index (χ2v) is 3.09. The Bertz CT molecular complexity index is 291. The smallest absolute Gasteiger partial charge is 0.211 e. The van der Waals surface area contributed by atoms with Crippen molar-refractivity contribution in [1.82, 2.24) is 4.57 Å². The summed E-state index contributed by atoms with van der Waals surface area (Å²) in [5.74, 6) is 0. The summed E-state index contributed by atoms with van der Waals surface area (Å²) in [6, 6.07) is 1.97. The molecule has 0 spiro atoms. The van der Waals surface area contributed by atoms with Gasteiger partial charge in [-0.1, -0.05) is 0 Å². The molecule has 3 nitrogen and oxygen atoms in total. The lowest BCUT2D eigenvalue weighted by Gasteiger charge is -2.15. The van der Waals surface area contributed by atoms with E-state index >= 15 is 0 Å². The lowest BCUT2D eigenvalue weighted by atomic mass is 10.1. The molecule has 0 saturated carbocycles. The Morgan fingerprint density at radius 2 is 2.42 bits per heavy atom. The number of aromatic nitrogens is 1.